The third-order valence-corrected chi connectivity index (χ3v) is 4.32. The van der Waals surface area contributed by atoms with Gasteiger partial charge in [0.25, 0.3) is 0 Å². The summed E-state index contributed by atoms with van der Waals surface area (Å²) in [7, 11) is 1.62. The lowest BCUT2D eigenvalue weighted by molar-refractivity contribution is -0.121. The van der Waals surface area contributed by atoms with Crippen LogP contribution in [0.25, 0.3) is 22.4 Å². The number of ether oxygens (including phenoxy) is 1. The molecule has 2 heterocycles. The summed E-state index contributed by atoms with van der Waals surface area (Å²) in [5.41, 5.74) is 2.72. The van der Waals surface area contributed by atoms with Crippen molar-refractivity contribution in [2.24, 2.45) is 0 Å². The van der Waals surface area contributed by atoms with E-state index in [0.29, 0.717) is 12.4 Å². The summed E-state index contributed by atoms with van der Waals surface area (Å²) in [6.45, 7) is 0.629. The fourth-order valence-electron chi connectivity index (χ4n) is 3.03. The highest BCUT2D eigenvalue weighted by Gasteiger charge is 2.15. The summed E-state index contributed by atoms with van der Waals surface area (Å²) >= 11 is 0. The third-order valence-electron chi connectivity index (χ3n) is 4.32. The fourth-order valence-corrected chi connectivity index (χ4v) is 3.03. The maximum Gasteiger partial charge on any atom is 0.249 e. The van der Waals surface area contributed by atoms with Crippen LogP contribution in [0.15, 0.2) is 65.5 Å². The highest BCUT2D eigenvalue weighted by molar-refractivity contribution is 5.94. The molecule has 0 radical (unpaired) electrons. The van der Waals surface area contributed by atoms with Crippen LogP contribution < -0.4 is 10.1 Å². The summed E-state index contributed by atoms with van der Waals surface area (Å²) in [6.07, 6.45) is 3.16. The highest BCUT2D eigenvalue weighted by Crippen LogP contribution is 2.29. The molecule has 0 aliphatic carbocycles. The molecule has 7 nitrogen and oxygen atoms in total. The Labute approximate surface area is 155 Å². The van der Waals surface area contributed by atoms with Gasteiger partial charge in [0.2, 0.25) is 18.2 Å². The van der Waals surface area contributed by atoms with Gasteiger partial charge >= 0.3 is 0 Å². The predicted molar refractivity (Wildman–Crippen MR) is 100 cm³/mol. The molecule has 0 bridgehead atoms. The van der Waals surface area contributed by atoms with Crippen molar-refractivity contribution in [3.05, 3.63) is 66.7 Å². The molecule has 0 unspecified atom stereocenters. The normalized spacial score (nSPS) is 10.9. The van der Waals surface area contributed by atoms with E-state index < -0.39 is 0 Å². The van der Waals surface area contributed by atoms with Gasteiger partial charge in [-0.05, 0) is 23.8 Å². The van der Waals surface area contributed by atoms with E-state index in [0.717, 1.165) is 27.8 Å². The molecular formula is C20H18N4O3. The van der Waals surface area contributed by atoms with Gasteiger partial charge in [-0.2, -0.15) is 0 Å². The molecule has 27 heavy (non-hydrogen) atoms. The zero-order chi connectivity index (χ0) is 18.6. The molecule has 0 saturated carbocycles. The number of fused-ring (bicyclic) bond motifs is 1. The van der Waals surface area contributed by atoms with Gasteiger partial charge < -0.3 is 19.0 Å². The van der Waals surface area contributed by atoms with Gasteiger partial charge in [0.1, 0.15) is 12.3 Å². The SMILES string of the molecule is COc1cccc(CNC(=O)Cn2cc(-c3nnco3)c3ccccc32)c1. The monoisotopic (exact) mass is 362 g/mol. The van der Waals surface area contributed by atoms with Gasteiger partial charge in [0.05, 0.1) is 12.7 Å². The molecule has 1 N–H and O–H groups in total. The standard InChI is InChI=1S/C20H18N4O3/c1-26-15-6-4-5-14(9-15)10-21-19(25)12-24-11-17(20-23-22-13-27-20)16-7-2-3-8-18(16)24/h2-9,11,13H,10,12H2,1H3,(H,21,25). The molecule has 1 amide bonds. The van der Waals surface area contributed by atoms with Gasteiger partial charge in [-0.3, -0.25) is 4.79 Å². The Balaban J connectivity index is 1.52. The van der Waals surface area contributed by atoms with Crippen LogP contribution >= 0.6 is 0 Å². The maximum absolute atomic E-state index is 12.5. The summed E-state index contributed by atoms with van der Waals surface area (Å²) < 4.78 is 12.4. The van der Waals surface area contributed by atoms with Gasteiger partial charge in [0, 0.05) is 23.6 Å². The van der Waals surface area contributed by atoms with Crippen LogP contribution in [0.5, 0.6) is 5.75 Å². The van der Waals surface area contributed by atoms with Crippen LogP contribution in [0.1, 0.15) is 5.56 Å². The number of carbonyl (C=O) groups excluding carboxylic acids is 1. The van der Waals surface area contributed by atoms with Gasteiger partial charge in [-0.15, -0.1) is 10.2 Å². The first kappa shape index (κ1) is 16.8. The lowest BCUT2D eigenvalue weighted by Crippen LogP contribution is -2.26. The summed E-state index contributed by atoms with van der Waals surface area (Å²) in [5, 5.41) is 11.6. The minimum atomic E-state index is -0.0874. The Morgan fingerprint density at radius 3 is 2.93 bits per heavy atom. The lowest BCUT2D eigenvalue weighted by atomic mass is 10.2. The van der Waals surface area contributed by atoms with Crippen LogP contribution in [0.4, 0.5) is 0 Å². The Bertz CT molecular complexity index is 1070. The molecule has 7 heteroatoms. The van der Waals surface area contributed by atoms with E-state index in [4.69, 9.17) is 9.15 Å². The molecule has 136 valence electrons. The number of methoxy groups -OCH3 is 1. The largest absolute Gasteiger partial charge is 0.497 e. The number of hydrogen-bond donors (Lipinski definition) is 1. The number of para-hydroxylation sites is 1. The smallest absolute Gasteiger partial charge is 0.249 e. The van der Waals surface area contributed by atoms with E-state index >= 15 is 0 Å². The van der Waals surface area contributed by atoms with Crippen LogP contribution in [0.2, 0.25) is 0 Å². The van der Waals surface area contributed by atoms with Crippen molar-refractivity contribution in [2.75, 3.05) is 7.11 Å². The summed E-state index contributed by atoms with van der Waals surface area (Å²) in [5.74, 6) is 1.11. The molecule has 0 aliphatic heterocycles. The van der Waals surface area contributed by atoms with Gasteiger partial charge in [-0.25, -0.2) is 0 Å². The Kier molecular flexibility index (Phi) is 4.57. The van der Waals surface area contributed by atoms with E-state index in [1.165, 1.54) is 6.39 Å². The molecule has 4 aromatic rings. The number of nitrogens with one attached hydrogen (secondary N) is 1. The molecule has 0 aliphatic rings. The van der Waals surface area contributed by atoms with Crippen molar-refractivity contribution in [1.29, 1.82) is 0 Å². The van der Waals surface area contributed by atoms with Crippen molar-refractivity contribution < 1.29 is 13.9 Å². The number of benzene rings is 2. The Morgan fingerprint density at radius 2 is 2.11 bits per heavy atom. The second-order valence-electron chi connectivity index (χ2n) is 6.06. The first-order valence-corrected chi connectivity index (χ1v) is 8.48. The van der Waals surface area contributed by atoms with Crippen LogP contribution in [0, 0.1) is 0 Å². The lowest BCUT2D eigenvalue weighted by Gasteiger charge is -2.08. The molecule has 0 atom stereocenters. The zero-order valence-electron chi connectivity index (χ0n) is 14.8. The summed E-state index contributed by atoms with van der Waals surface area (Å²) in [4.78, 5) is 12.5. The van der Waals surface area contributed by atoms with Crippen LogP contribution in [-0.4, -0.2) is 27.8 Å². The van der Waals surface area contributed by atoms with Crippen LogP contribution in [0.3, 0.4) is 0 Å². The predicted octanol–water partition coefficient (Wildman–Crippen LogP) is 3.02. The minimum absolute atomic E-state index is 0.0874. The third kappa shape index (κ3) is 3.52. The molecule has 2 aromatic heterocycles. The van der Waals surface area contributed by atoms with E-state index in [2.05, 4.69) is 15.5 Å². The average Bonchev–Trinajstić information content (AvgIpc) is 3.35. The second-order valence-corrected chi connectivity index (χ2v) is 6.06. The number of amides is 1. The fraction of sp³-hybridized carbons (Fsp3) is 0.150. The highest BCUT2D eigenvalue weighted by atomic mass is 16.5. The van der Waals surface area contributed by atoms with E-state index in [1.54, 1.807) is 7.11 Å². The molecule has 0 spiro atoms. The number of rotatable bonds is 6. The van der Waals surface area contributed by atoms with Gasteiger partial charge in [-0.1, -0.05) is 30.3 Å². The Morgan fingerprint density at radius 1 is 1.22 bits per heavy atom. The molecular weight excluding hydrogens is 344 g/mol. The maximum atomic E-state index is 12.5. The quantitative estimate of drug-likeness (QED) is 0.570. The van der Waals surface area contributed by atoms with Gasteiger partial charge in [0.15, 0.2) is 0 Å². The van der Waals surface area contributed by atoms with Crippen molar-refractivity contribution in [1.82, 2.24) is 20.1 Å². The van der Waals surface area contributed by atoms with E-state index in [9.17, 15) is 4.79 Å². The number of aromatic nitrogens is 3. The zero-order valence-corrected chi connectivity index (χ0v) is 14.8. The number of hydrogen-bond acceptors (Lipinski definition) is 5. The Hall–Kier alpha value is -3.61. The van der Waals surface area contributed by atoms with Crippen molar-refractivity contribution in [2.45, 2.75) is 13.1 Å². The molecule has 0 saturated heterocycles. The second kappa shape index (κ2) is 7.33. The minimum Gasteiger partial charge on any atom is -0.497 e. The van der Waals surface area contributed by atoms with E-state index in [-0.39, 0.29) is 12.5 Å². The van der Waals surface area contributed by atoms with Crippen molar-refractivity contribution in [3.8, 4) is 17.2 Å². The average molecular weight is 362 g/mol. The van der Waals surface area contributed by atoms with Crippen molar-refractivity contribution >= 4 is 16.8 Å². The summed E-state index contributed by atoms with van der Waals surface area (Å²) in [6, 6.07) is 15.4. The number of carbonyl (C=O) groups is 1. The first-order chi connectivity index (χ1) is 13.2. The van der Waals surface area contributed by atoms with E-state index in [1.807, 2.05) is 59.3 Å². The van der Waals surface area contributed by atoms with Crippen LogP contribution in [-0.2, 0) is 17.9 Å². The topological polar surface area (TPSA) is 82.2 Å². The molecule has 0 fully saturated rings. The molecule has 4 rings (SSSR count). The molecule has 2 aromatic carbocycles. The first-order valence-electron chi connectivity index (χ1n) is 8.48. The van der Waals surface area contributed by atoms with Crippen molar-refractivity contribution in [3.63, 3.8) is 0 Å². The number of nitrogens with zero attached hydrogens (tertiary/aromatic N) is 3.